The van der Waals surface area contributed by atoms with Gasteiger partial charge < -0.3 is 9.47 Å². The third-order valence-electron chi connectivity index (χ3n) is 5.39. The van der Waals surface area contributed by atoms with E-state index >= 15 is 0 Å². The summed E-state index contributed by atoms with van der Waals surface area (Å²) in [5.41, 5.74) is 2.00. The van der Waals surface area contributed by atoms with E-state index in [9.17, 15) is 18.5 Å². The molecule has 2 aromatic carbocycles. The van der Waals surface area contributed by atoms with E-state index in [0.717, 1.165) is 5.69 Å². The number of para-hydroxylation sites is 1. The lowest BCUT2D eigenvalue weighted by Gasteiger charge is -2.26. The van der Waals surface area contributed by atoms with Crippen molar-refractivity contribution in [3.05, 3.63) is 71.9 Å². The van der Waals surface area contributed by atoms with Crippen molar-refractivity contribution in [1.82, 2.24) is 14.1 Å². The highest BCUT2D eigenvalue weighted by Gasteiger charge is 2.27. The molecule has 0 spiro atoms. The lowest BCUT2D eigenvalue weighted by atomic mass is 10.1. The molecule has 10 heteroatoms. The molecule has 0 saturated carbocycles. The van der Waals surface area contributed by atoms with E-state index in [0.29, 0.717) is 30.0 Å². The highest BCUT2D eigenvalue weighted by molar-refractivity contribution is 7.89. The molecule has 1 aliphatic rings. The fourth-order valence-electron chi connectivity index (χ4n) is 3.67. The molecular formula is C25H24N4O5S. The molecule has 2 heterocycles. The fraction of sp³-hybridized carbons (Fsp3) is 0.240. The maximum Gasteiger partial charge on any atom is 0.348 e. The van der Waals surface area contributed by atoms with Gasteiger partial charge in [0.05, 0.1) is 30.4 Å². The summed E-state index contributed by atoms with van der Waals surface area (Å²) < 4.78 is 39.7. The molecule has 0 atom stereocenters. The third kappa shape index (κ3) is 5.33. The zero-order chi connectivity index (χ0) is 24.8. The fourth-order valence-corrected chi connectivity index (χ4v) is 5.13. The minimum atomic E-state index is -3.72. The second-order valence-corrected chi connectivity index (χ2v) is 9.59. The quantitative estimate of drug-likeness (QED) is 0.283. The second kappa shape index (κ2) is 10.7. The number of carbonyl (C=O) groups is 1. The minimum Gasteiger partial charge on any atom is -0.462 e. The summed E-state index contributed by atoms with van der Waals surface area (Å²) in [6, 6.07) is 17.7. The molecule has 1 fully saturated rings. The molecule has 0 unspecified atom stereocenters. The molecule has 0 amide bonds. The van der Waals surface area contributed by atoms with Crippen molar-refractivity contribution in [1.29, 1.82) is 5.26 Å². The smallest absolute Gasteiger partial charge is 0.348 e. The van der Waals surface area contributed by atoms with Gasteiger partial charge in [0.25, 0.3) is 0 Å². The summed E-state index contributed by atoms with van der Waals surface area (Å²) in [5.74, 6) is -0.739. The van der Waals surface area contributed by atoms with Crippen LogP contribution in [0.2, 0.25) is 0 Å². The summed E-state index contributed by atoms with van der Waals surface area (Å²) >= 11 is 0. The van der Waals surface area contributed by atoms with E-state index in [-0.39, 0.29) is 30.2 Å². The molecule has 1 aromatic heterocycles. The minimum absolute atomic E-state index is 0.131. The zero-order valence-corrected chi connectivity index (χ0v) is 19.9. The molecule has 0 aliphatic carbocycles. The molecular weight excluding hydrogens is 468 g/mol. The van der Waals surface area contributed by atoms with Gasteiger partial charge in [-0.15, -0.1) is 0 Å². The summed E-state index contributed by atoms with van der Waals surface area (Å²) in [5, 5.41) is 14.2. The van der Waals surface area contributed by atoms with Crippen LogP contribution in [0.15, 0.2) is 71.3 Å². The molecule has 4 rings (SSSR count). The first-order chi connectivity index (χ1) is 16.9. The van der Waals surface area contributed by atoms with Crippen LogP contribution in [0, 0.1) is 11.3 Å². The van der Waals surface area contributed by atoms with Crippen molar-refractivity contribution in [2.45, 2.75) is 11.8 Å². The number of hydrogen-bond acceptors (Lipinski definition) is 7. The van der Waals surface area contributed by atoms with Gasteiger partial charge >= 0.3 is 5.97 Å². The Morgan fingerprint density at radius 2 is 1.91 bits per heavy atom. The molecule has 0 bridgehead atoms. The van der Waals surface area contributed by atoms with Gasteiger partial charge in [-0.1, -0.05) is 30.3 Å². The predicted molar refractivity (Wildman–Crippen MR) is 129 cm³/mol. The maximum absolute atomic E-state index is 13.2. The lowest BCUT2D eigenvalue weighted by Crippen LogP contribution is -2.40. The number of hydrogen-bond donors (Lipinski definition) is 0. The molecule has 9 nitrogen and oxygen atoms in total. The van der Waals surface area contributed by atoms with Crippen LogP contribution >= 0.6 is 0 Å². The van der Waals surface area contributed by atoms with E-state index in [1.807, 2.05) is 36.4 Å². The number of carbonyl (C=O) groups excluding carboxylic acids is 1. The Bertz CT molecular complexity index is 1380. The van der Waals surface area contributed by atoms with Crippen molar-refractivity contribution in [3.8, 4) is 23.0 Å². The molecule has 1 saturated heterocycles. The first kappa shape index (κ1) is 24.3. The average Bonchev–Trinajstić information content (AvgIpc) is 3.32. The molecule has 3 aromatic rings. The van der Waals surface area contributed by atoms with E-state index < -0.39 is 16.0 Å². The first-order valence-corrected chi connectivity index (χ1v) is 12.5. The first-order valence-electron chi connectivity index (χ1n) is 11.1. The second-order valence-electron chi connectivity index (χ2n) is 7.65. The van der Waals surface area contributed by atoms with Crippen LogP contribution in [0.3, 0.4) is 0 Å². The lowest BCUT2D eigenvalue weighted by molar-refractivity contribution is -0.137. The number of aromatic nitrogens is 2. The van der Waals surface area contributed by atoms with Crippen molar-refractivity contribution in [3.63, 3.8) is 0 Å². The number of ether oxygens (including phenoxy) is 2. The molecule has 0 radical (unpaired) electrons. The summed E-state index contributed by atoms with van der Waals surface area (Å²) in [6.45, 7) is 3.06. The molecule has 1 aliphatic heterocycles. The van der Waals surface area contributed by atoms with Crippen LogP contribution in [0.5, 0.6) is 0 Å². The van der Waals surface area contributed by atoms with Crippen molar-refractivity contribution in [2.24, 2.45) is 0 Å². The van der Waals surface area contributed by atoms with Crippen molar-refractivity contribution >= 4 is 22.1 Å². The zero-order valence-electron chi connectivity index (χ0n) is 19.1. The van der Waals surface area contributed by atoms with Crippen LogP contribution in [0.25, 0.3) is 23.0 Å². The van der Waals surface area contributed by atoms with Gasteiger partial charge in [0.15, 0.2) is 0 Å². The average molecular weight is 493 g/mol. The number of morpholine rings is 1. The Morgan fingerprint density at radius 1 is 1.17 bits per heavy atom. The number of benzene rings is 2. The van der Waals surface area contributed by atoms with Gasteiger partial charge in [0.2, 0.25) is 10.0 Å². The Labute approximate surface area is 203 Å². The van der Waals surface area contributed by atoms with Crippen LogP contribution < -0.4 is 0 Å². The van der Waals surface area contributed by atoms with Crippen molar-refractivity contribution < 1.29 is 22.7 Å². The largest absolute Gasteiger partial charge is 0.462 e. The van der Waals surface area contributed by atoms with Crippen LogP contribution in [0.1, 0.15) is 12.5 Å². The molecule has 0 N–H and O–H groups in total. The number of sulfonamides is 1. The summed E-state index contributed by atoms with van der Waals surface area (Å²) in [4.78, 5) is 12.4. The van der Waals surface area contributed by atoms with Gasteiger partial charge in [0, 0.05) is 30.4 Å². The predicted octanol–water partition coefficient (Wildman–Crippen LogP) is 3.03. The normalized spacial score (nSPS) is 14.9. The highest BCUT2D eigenvalue weighted by Crippen LogP contribution is 2.29. The van der Waals surface area contributed by atoms with Gasteiger partial charge in [-0.3, -0.25) is 0 Å². The van der Waals surface area contributed by atoms with Gasteiger partial charge in [-0.05, 0) is 37.3 Å². The third-order valence-corrected chi connectivity index (χ3v) is 7.29. The van der Waals surface area contributed by atoms with Gasteiger partial charge in [-0.2, -0.15) is 14.7 Å². The highest BCUT2D eigenvalue weighted by atomic mass is 32.2. The number of nitrogens with zero attached hydrogens (tertiary/aromatic N) is 4. The topological polar surface area (TPSA) is 115 Å². The number of rotatable bonds is 7. The van der Waals surface area contributed by atoms with Gasteiger partial charge in [-0.25, -0.2) is 17.9 Å². The van der Waals surface area contributed by atoms with Crippen LogP contribution in [0.4, 0.5) is 0 Å². The summed E-state index contributed by atoms with van der Waals surface area (Å²) in [6.07, 6.45) is 3.09. The van der Waals surface area contributed by atoms with Crippen molar-refractivity contribution in [2.75, 3.05) is 32.9 Å². The van der Waals surface area contributed by atoms with Gasteiger partial charge in [0.1, 0.15) is 17.3 Å². The maximum atomic E-state index is 13.2. The van der Waals surface area contributed by atoms with E-state index in [1.165, 1.54) is 16.4 Å². The van der Waals surface area contributed by atoms with E-state index in [2.05, 4.69) is 5.10 Å². The van der Waals surface area contributed by atoms with E-state index in [4.69, 9.17) is 9.47 Å². The number of esters is 1. The Balaban J connectivity index is 1.82. The van der Waals surface area contributed by atoms with E-state index in [1.54, 1.807) is 36.0 Å². The summed E-state index contributed by atoms with van der Waals surface area (Å²) in [7, 11) is -3.72. The molecule has 35 heavy (non-hydrogen) atoms. The molecule has 180 valence electrons. The monoisotopic (exact) mass is 492 g/mol. The SMILES string of the molecule is CCOC(=O)/C(C#N)=C/c1cn(-c2ccccc2)nc1-c1cccc(S(=O)(=O)N2CCOCC2)c1. The Morgan fingerprint density at radius 3 is 2.60 bits per heavy atom. The standard InChI is InChI=1S/C25H24N4O5S/c1-2-34-25(30)20(17-26)15-21-18-29(22-8-4-3-5-9-22)27-24(21)19-7-6-10-23(16-19)35(31,32)28-11-13-33-14-12-28/h3-10,15-16,18H,2,11-14H2,1H3/b20-15+. The number of nitriles is 1. The van der Waals surface area contributed by atoms with Crippen LogP contribution in [-0.2, 0) is 24.3 Å². The Hall–Kier alpha value is -3.78. The Kier molecular flexibility index (Phi) is 7.41. The van der Waals surface area contributed by atoms with Crippen LogP contribution in [-0.4, -0.2) is 61.4 Å².